The Hall–Kier alpha value is -3.85. The van der Waals surface area contributed by atoms with E-state index in [1.54, 1.807) is 36.7 Å². The number of hydrogen-bond donors (Lipinski definition) is 0. The van der Waals surface area contributed by atoms with Gasteiger partial charge in [-0.2, -0.15) is 0 Å². The molecule has 1 aromatic heterocycles. The molecule has 4 rings (SSSR count). The molecule has 1 heterocycles. The van der Waals surface area contributed by atoms with E-state index in [2.05, 4.69) is 21.8 Å². The molecule has 154 valence electrons. The molecular weight excluding hydrogens is 401 g/mol. The summed E-state index contributed by atoms with van der Waals surface area (Å²) in [4.78, 5) is 8.42. The quantitative estimate of drug-likeness (QED) is 0.387. The third kappa shape index (κ3) is 4.51. The summed E-state index contributed by atoms with van der Waals surface area (Å²) >= 11 is 0. The van der Waals surface area contributed by atoms with Crippen molar-refractivity contribution in [1.29, 1.82) is 0 Å². The van der Waals surface area contributed by atoms with Crippen LogP contribution in [-0.4, -0.2) is 16.6 Å². The van der Waals surface area contributed by atoms with Crippen LogP contribution in [0.1, 0.15) is 24.5 Å². The van der Waals surface area contributed by atoms with Gasteiger partial charge in [-0.1, -0.05) is 30.9 Å². The van der Waals surface area contributed by atoms with Crippen LogP contribution in [0.3, 0.4) is 0 Å². The van der Waals surface area contributed by atoms with Crippen LogP contribution in [0.4, 0.5) is 13.2 Å². The lowest BCUT2D eigenvalue weighted by Crippen LogP contribution is -1.97. The van der Waals surface area contributed by atoms with E-state index in [1.807, 2.05) is 6.92 Å². The van der Waals surface area contributed by atoms with Crippen molar-refractivity contribution in [3.05, 3.63) is 89.5 Å². The van der Waals surface area contributed by atoms with Crippen molar-refractivity contribution in [2.75, 3.05) is 6.61 Å². The van der Waals surface area contributed by atoms with Crippen molar-refractivity contribution in [1.82, 2.24) is 9.97 Å². The van der Waals surface area contributed by atoms with Gasteiger partial charge in [0.1, 0.15) is 5.82 Å². The lowest BCUT2D eigenvalue weighted by molar-refractivity contribution is 0.315. The first kappa shape index (κ1) is 20.4. The van der Waals surface area contributed by atoms with Crippen LogP contribution in [0.15, 0.2) is 60.9 Å². The van der Waals surface area contributed by atoms with E-state index in [9.17, 15) is 13.2 Å². The van der Waals surface area contributed by atoms with Crippen LogP contribution in [0.2, 0.25) is 0 Å². The molecule has 0 spiro atoms. The fourth-order valence-electron chi connectivity index (χ4n) is 3.00. The van der Waals surface area contributed by atoms with Gasteiger partial charge < -0.3 is 4.74 Å². The average molecular weight is 418 g/mol. The molecule has 0 unspecified atom stereocenters. The van der Waals surface area contributed by atoms with E-state index >= 15 is 0 Å². The summed E-state index contributed by atoms with van der Waals surface area (Å²) < 4.78 is 47.1. The van der Waals surface area contributed by atoms with Crippen molar-refractivity contribution < 1.29 is 17.9 Å². The zero-order chi connectivity index (χ0) is 21.8. The predicted molar refractivity (Wildman–Crippen MR) is 113 cm³/mol. The van der Waals surface area contributed by atoms with E-state index in [0.29, 0.717) is 34.7 Å². The predicted octanol–water partition coefficient (Wildman–Crippen LogP) is 5.90. The molecule has 0 saturated carbocycles. The summed E-state index contributed by atoms with van der Waals surface area (Å²) in [5.74, 6) is 4.27. The number of fused-ring (bicyclic) bond motifs is 1. The van der Waals surface area contributed by atoms with Gasteiger partial charge in [-0.05, 0) is 48.2 Å². The number of nitrogens with zero attached hydrogens (tertiary/aromatic N) is 2. The highest BCUT2D eigenvalue weighted by molar-refractivity contribution is 5.84. The summed E-state index contributed by atoms with van der Waals surface area (Å²) in [5.41, 5.74) is 1.29. The summed E-state index contributed by atoms with van der Waals surface area (Å²) in [7, 11) is 0. The smallest absolute Gasteiger partial charge is 0.166 e. The van der Waals surface area contributed by atoms with Crippen LogP contribution in [0.25, 0.3) is 22.2 Å². The van der Waals surface area contributed by atoms with Gasteiger partial charge in [-0.25, -0.2) is 23.1 Å². The standard InChI is InChI=1S/C25H17F3N2O/c1-2-11-31-20-14-29-25(30-15-20)19-7-6-17(23(27)13-19)5-3-16-4-9-21-18(12-16)8-10-22(26)24(21)28/h4,6-10,12-15H,2,11H2,1H3. The number of halogens is 3. The molecule has 4 aromatic rings. The third-order valence-electron chi connectivity index (χ3n) is 4.58. The molecule has 0 saturated heterocycles. The Kier molecular flexibility index (Phi) is 5.85. The third-order valence-corrected chi connectivity index (χ3v) is 4.58. The highest BCUT2D eigenvalue weighted by Gasteiger charge is 2.08. The van der Waals surface area contributed by atoms with E-state index in [4.69, 9.17) is 4.74 Å². The zero-order valence-electron chi connectivity index (χ0n) is 16.6. The summed E-state index contributed by atoms with van der Waals surface area (Å²) in [5, 5.41) is 0.692. The van der Waals surface area contributed by atoms with Gasteiger partial charge >= 0.3 is 0 Å². The normalized spacial score (nSPS) is 10.6. The maximum Gasteiger partial charge on any atom is 0.166 e. The molecule has 0 aliphatic heterocycles. The Balaban J connectivity index is 1.56. The maximum absolute atomic E-state index is 14.6. The van der Waals surface area contributed by atoms with E-state index in [1.165, 1.54) is 18.2 Å². The maximum atomic E-state index is 14.6. The molecule has 3 aromatic carbocycles. The van der Waals surface area contributed by atoms with Gasteiger partial charge in [0.05, 0.1) is 24.6 Å². The zero-order valence-corrected chi connectivity index (χ0v) is 16.6. The molecule has 6 heteroatoms. The molecule has 0 aliphatic carbocycles. The van der Waals surface area contributed by atoms with Gasteiger partial charge in [0.25, 0.3) is 0 Å². The second-order valence-corrected chi connectivity index (χ2v) is 6.83. The SMILES string of the molecule is CCCOc1cnc(-c2ccc(C#Cc3ccc4c(F)c(F)ccc4c3)c(F)c2)nc1. The fraction of sp³-hybridized carbons (Fsp3) is 0.120. The first-order valence-electron chi connectivity index (χ1n) is 9.69. The monoisotopic (exact) mass is 418 g/mol. The van der Waals surface area contributed by atoms with E-state index in [-0.39, 0.29) is 10.9 Å². The number of hydrogen-bond acceptors (Lipinski definition) is 3. The Morgan fingerprint density at radius 3 is 2.42 bits per heavy atom. The summed E-state index contributed by atoms with van der Waals surface area (Å²) in [6.45, 7) is 2.58. The number of rotatable bonds is 4. The number of ether oxygens (including phenoxy) is 1. The van der Waals surface area contributed by atoms with Gasteiger partial charge in [0.15, 0.2) is 23.2 Å². The van der Waals surface area contributed by atoms with E-state index < -0.39 is 17.5 Å². The van der Waals surface area contributed by atoms with Crippen molar-refractivity contribution in [2.45, 2.75) is 13.3 Å². The summed E-state index contributed by atoms with van der Waals surface area (Å²) in [6, 6.07) is 11.8. The highest BCUT2D eigenvalue weighted by atomic mass is 19.2. The topological polar surface area (TPSA) is 35.0 Å². The van der Waals surface area contributed by atoms with Crippen LogP contribution in [0, 0.1) is 29.3 Å². The molecule has 31 heavy (non-hydrogen) atoms. The first-order chi connectivity index (χ1) is 15.0. The lowest BCUT2D eigenvalue weighted by atomic mass is 10.1. The Labute approximate surface area is 177 Å². The summed E-state index contributed by atoms with van der Waals surface area (Å²) in [6.07, 6.45) is 3.99. The van der Waals surface area contributed by atoms with Crippen LogP contribution < -0.4 is 4.74 Å². The first-order valence-corrected chi connectivity index (χ1v) is 9.69. The molecule has 0 atom stereocenters. The van der Waals surface area contributed by atoms with Crippen LogP contribution in [0.5, 0.6) is 5.75 Å². The van der Waals surface area contributed by atoms with Crippen molar-refractivity contribution in [3.63, 3.8) is 0 Å². The van der Waals surface area contributed by atoms with Gasteiger partial charge in [-0.3, -0.25) is 0 Å². The molecular formula is C25H17F3N2O. The second-order valence-electron chi connectivity index (χ2n) is 6.83. The Morgan fingerprint density at radius 2 is 1.68 bits per heavy atom. The highest BCUT2D eigenvalue weighted by Crippen LogP contribution is 2.22. The average Bonchev–Trinajstić information content (AvgIpc) is 2.79. The molecule has 0 N–H and O–H groups in total. The lowest BCUT2D eigenvalue weighted by Gasteiger charge is -2.05. The molecule has 0 fully saturated rings. The second kappa shape index (κ2) is 8.88. The van der Waals surface area contributed by atoms with Gasteiger partial charge in [0.2, 0.25) is 0 Å². The minimum absolute atomic E-state index is 0.173. The number of aromatic nitrogens is 2. The van der Waals surface area contributed by atoms with E-state index in [0.717, 1.165) is 12.5 Å². The molecule has 0 amide bonds. The van der Waals surface area contributed by atoms with Crippen LogP contribution >= 0.6 is 0 Å². The molecule has 0 aliphatic rings. The minimum Gasteiger partial charge on any atom is -0.490 e. The Bertz CT molecular complexity index is 1310. The van der Waals surface area contributed by atoms with Gasteiger partial charge in [-0.15, -0.1) is 0 Å². The molecule has 3 nitrogen and oxygen atoms in total. The van der Waals surface area contributed by atoms with Crippen molar-refractivity contribution >= 4 is 10.8 Å². The largest absolute Gasteiger partial charge is 0.490 e. The van der Waals surface area contributed by atoms with Crippen molar-refractivity contribution in [2.24, 2.45) is 0 Å². The Morgan fingerprint density at radius 1 is 0.871 bits per heavy atom. The minimum atomic E-state index is -0.902. The van der Waals surface area contributed by atoms with Gasteiger partial charge in [0, 0.05) is 16.5 Å². The fourth-order valence-corrected chi connectivity index (χ4v) is 3.00. The van der Waals surface area contributed by atoms with Crippen LogP contribution in [-0.2, 0) is 0 Å². The molecule has 0 radical (unpaired) electrons. The number of benzene rings is 3. The van der Waals surface area contributed by atoms with Crippen molar-refractivity contribution in [3.8, 4) is 29.0 Å². The molecule has 0 bridgehead atoms.